The van der Waals surface area contributed by atoms with Crippen molar-refractivity contribution in [2.45, 2.75) is 0 Å². The number of benzene rings is 1. The van der Waals surface area contributed by atoms with Crippen molar-refractivity contribution in [3.63, 3.8) is 0 Å². The minimum Gasteiger partial charge on any atom is -0.308 e. The predicted molar refractivity (Wildman–Crippen MR) is 55.0 cm³/mol. The second-order valence-corrected chi connectivity index (χ2v) is 3.44. The molecule has 0 amide bonds. The number of anilines is 1. The summed E-state index contributed by atoms with van der Waals surface area (Å²) in [5.74, 6) is 5.94. The van der Waals surface area contributed by atoms with E-state index < -0.39 is 0 Å². The molecule has 1 aromatic heterocycles. The van der Waals surface area contributed by atoms with Crippen LogP contribution in [0.3, 0.4) is 0 Å². The van der Waals surface area contributed by atoms with E-state index in [1.807, 2.05) is 18.2 Å². The molecule has 0 saturated heterocycles. The number of rotatable bonds is 1. The average molecular weight is 239 g/mol. The molecule has 4 nitrogen and oxygen atoms in total. The van der Waals surface area contributed by atoms with Crippen molar-refractivity contribution in [1.29, 1.82) is 0 Å². The van der Waals surface area contributed by atoms with E-state index in [0.29, 0.717) is 5.82 Å². The van der Waals surface area contributed by atoms with Gasteiger partial charge in [-0.3, -0.25) is 0 Å². The Morgan fingerprint density at radius 3 is 2.92 bits per heavy atom. The maximum atomic E-state index is 5.31. The lowest BCUT2D eigenvalue weighted by Crippen LogP contribution is -2.09. The van der Waals surface area contributed by atoms with E-state index in [0.717, 1.165) is 15.4 Å². The van der Waals surface area contributed by atoms with Crippen LogP contribution in [0.5, 0.6) is 0 Å². The number of fused-ring (bicyclic) bond motifs is 1. The third kappa shape index (κ3) is 1.48. The molecule has 0 saturated carbocycles. The van der Waals surface area contributed by atoms with Gasteiger partial charge >= 0.3 is 0 Å². The molecule has 2 rings (SSSR count). The normalized spacial score (nSPS) is 10.3. The smallest absolute Gasteiger partial charge is 0.151 e. The number of nitrogens with two attached hydrogens (primary N) is 1. The van der Waals surface area contributed by atoms with E-state index in [9.17, 15) is 0 Å². The first-order valence-electron chi connectivity index (χ1n) is 3.68. The van der Waals surface area contributed by atoms with Gasteiger partial charge in [0.2, 0.25) is 0 Å². The lowest BCUT2D eigenvalue weighted by atomic mass is 10.2. The van der Waals surface area contributed by atoms with E-state index in [4.69, 9.17) is 5.84 Å². The standard InChI is InChI=1S/C8H7BrN4/c9-5-1-2-7-6(3-5)8(13-10)12-4-11-7/h1-4H,10H2,(H,11,12,13). The number of hydrogen-bond acceptors (Lipinski definition) is 4. The van der Waals surface area contributed by atoms with Crippen LogP contribution in [-0.2, 0) is 0 Å². The molecule has 0 aliphatic rings. The minimum absolute atomic E-state index is 0.631. The SMILES string of the molecule is NNc1ncnc2ccc(Br)cc12. The fourth-order valence-electron chi connectivity index (χ4n) is 1.14. The van der Waals surface area contributed by atoms with Crippen molar-refractivity contribution in [3.05, 3.63) is 29.0 Å². The molecule has 1 heterocycles. The molecular weight excluding hydrogens is 232 g/mol. The Morgan fingerprint density at radius 1 is 1.31 bits per heavy atom. The van der Waals surface area contributed by atoms with Crippen LogP contribution in [-0.4, -0.2) is 9.97 Å². The number of nitrogen functional groups attached to an aromatic ring is 1. The van der Waals surface area contributed by atoms with Crippen molar-refractivity contribution in [1.82, 2.24) is 9.97 Å². The van der Waals surface area contributed by atoms with Gasteiger partial charge in [0.15, 0.2) is 5.82 Å². The highest BCUT2D eigenvalue weighted by Crippen LogP contribution is 2.22. The number of aromatic nitrogens is 2. The quantitative estimate of drug-likeness (QED) is 0.587. The summed E-state index contributed by atoms with van der Waals surface area (Å²) < 4.78 is 0.978. The summed E-state index contributed by atoms with van der Waals surface area (Å²) in [6.45, 7) is 0. The maximum Gasteiger partial charge on any atom is 0.151 e. The molecule has 5 heteroatoms. The van der Waals surface area contributed by atoms with Crippen LogP contribution in [0, 0.1) is 0 Å². The van der Waals surface area contributed by atoms with Crippen LogP contribution in [0.1, 0.15) is 0 Å². The van der Waals surface area contributed by atoms with Crippen molar-refractivity contribution in [2.75, 3.05) is 5.43 Å². The molecule has 66 valence electrons. The van der Waals surface area contributed by atoms with E-state index in [-0.39, 0.29) is 0 Å². The molecule has 0 radical (unpaired) electrons. The van der Waals surface area contributed by atoms with Crippen LogP contribution >= 0.6 is 15.9 Å². The first-order chi connectivity index (χ1) is 6.31. The molecule has 0 fully saturated rings. The lowest BCUT2D eigenvalue weighted by Gasteiger charge is -2.03. The largest absolute Gasteiger partial charge is 0.308 e. The Kier molecular flexibility index (Phi) is 2.12. The van der Waals surface area contributed by atoms with Crippen molar-refractivity contribution < 1.29 is 0 Å². The van der Waals surface area contributed by atoms with Gasteiger partial charge in [-0.1, -0.05) is 15.9 Å². The zero-order valence-electron chi connectivity index (χ0n) is 6.66. The second kappa shape index (κ2) is 3.27. The van der Waals surface area contributed by atoms with E-state index in [2.05, 4.69) is 31.3 Å². The molecule has 0 bridgehead atoms. The number of nitrogens with zero attached hydrogens (tertiary/aromatic N) is 2. The van der Waals surface area contributed by atoms with Gasteiger partial charge < -0.3 is 5.43 Å². The highest BCUT2D eigenvalue weighted by molar-refractivity contribution is 9.10. The molecule has 0 atom stereocenters. The summed E-state index contributed by atoms with van der Waals surface area (Å²) >= 11 is 3.37. The Labute approximate surface area is 83.3 Å². The molecule has 13 heavy (non-hydrogen) atoms. The second-order valence-electron chi connectivity index (χ2n) is 2.53. The molecule has 3 N–H and O–H groups in total. The molecule has 1 aromatic carbocycles. The third-order valence-electron chi connectivity index (χ3n) is 1.73. The van der Waals surface area contributed by atoms with Crippen LogP contribution in [0.2, 0.25) is 0 Å². The Bertz CT molecular complexity index is 443. The molecule has 0 aliphatic heterocycles. The van der Waals surface area contributed by atoms with Crippen LogP contribution in [0.4, 0.5) is 5.82 Å². The summed E-state index contributed by atoms with van der Waals surface area (Å²) in [5.41, 5.74) is 3.39. The van der Waals surface area contributed by atoms with Gasteiger partial charge in [-0.15, -0.1) is 0 Å². The third-order valence-corrected chi connectivity index (χ3v) is 2.23. The highest BCUT2D eigenvalue weighted by atomic mass is 79.9. The summed E-state index contributed by atoms with van der Waals surface area (Å²) in [7, 11) is 0. The van der Waals surface area contributed by atoms with Gasteiger partial charge in [-0.2, -0.15) is 0 Å². The molecular formula is C8H7BrN4. The summed E-state index contributed by atoms with van der Waals surface area (Å²) in [6.07, 6.45) is 1.48. The summed E-state index contributed by atoms with van der Waals surface area (Å²) in [6, 6.07) is 5.75. The van der Waals surface area contributed by atoms with Gasteiger partial charge in [-0.25, -0.2) is 15.8 Å². The first kappa shape index (κ1) is 8.40. The van der Waals surface area contributed by atoms with Gasteiger partial charge in [0, 0.05) is 9.86 Å². The fraction of sp³-hybridized carbons (Fsp3) is 0. The van der Waals surface area contributed by atoms with Gasteiger partial charge in [-0.05, 0) is 18.2 Å². The van der Waals surface area contributed by atoms with Crippen LogP contribution in [0.25, 0.3) is 10.9 Å². The molecule has 0 unspecified atom stereocenters. The summed E-state index contributed by atoms with van der Waals surface area (Å²) in [4.78, 5) is 8.10. The van der Waals surface area contributed by atoms with Gasteiger partial charge in [0.1, 0.15) is 6.33 Å². The zero-order valence-corrected chi connectivity index (χ0v) is 8.25. The van der Waals surface area contributed by atoms with E-state index in [1.165, 1.54) is 6.33 Å². The fourth-order valence-corrected chi connectivity index (χ4v) is 1.50. The Hall–Kier alpha value is -1.20. The molecule has 0 spiro atoms. The van der Waals surface area contributed by atoms with Crippen LogP contribution < -0.4 is 11.3 Å². The van der Waals surface area contributed by atoms with Crippen molar-refractivity contribution in [2.24, 2.45) is 5.84 Å². The highest BCUT2D eigenvalue weighted by Gasteiger charge is 2.01. The Balaban J connectivity index is 2.79. The molecule has 2 aromatic rings. The maximum absolute atomic E-state index is 5.31. The number of nitrogens with one attached hydrogen (secondary N) is 1. The van der Waals surface area contributed by atoms with E-state index >= 15 is 0 Å². The topological polar surface area (TPSA) is 63.8 Å². The van der Waals surface area contributed by atoms with Crippen molar-refractivity contribution >= 4 is 32.7 Å². The number of halogens is 1. The minimum atomic E-state index is 0.631. The van der Waals surface area contributed by atoms with Gasteiger partial charge in [0.05, 0.1) is 5.52 Å². The predicted octanol–water partition coefficient (Wildman–Crippen LogP) is 1.68. The van der Waals surface area contributed by atoms with E-state index in [1.54, 1.807) is 0 Å². The summed E-state index contributed by atoms with van der Waals surface area (Å²) in [5, 5.41) is 0.902. The number of hydrazine groups is 1. The number of hydrogen-bond donors (Lipinski definition) is 2. The average Bonchev–Trinajstić information content (AvgIpc) is 2.17. The zero-order chi connectivity index (χ0) is 9.26. The van der Waals surface area contributed by atoms with Gasteiger partial charge in [0.25, 0.3) is 0 Å². The van der Waals surface area contributed by atoms with Crippen molar-refractivity contribution in [3.8, 4) is 0 Å². The monoisotopic (exact) mass is 238 g/mol. The van der Waals surface area contributed by atoms with Crippen LogP contribution in [0.15, 0.2) is 29.0 Å². The first-order valence-corrected chi connectivity index (χ1v) is 4.47. The Morgan fingerprint density at radius 2 is 2.15 bits per heavy atom. The lowest BCUT2D eigenvalue weighted by molar-refractivity contribution is 1.18. The molecule has 0 aliphatic carbocycles.